The fraction of sp³-hybridized carbons (Fsp3) is 0.833. The molecule has 0 fully saturated rings. The van der Waals surface area contributed by atoms with Gasteiger partial charge in [-0.2, -0.15) is 0 Å². The molecule has 0 aromatic carbocycles. The second-order valence-electron chi connectivity index (χ2n) is 3.28. The van der Waals surface area contributed by atoms with Gasteiger partial charge in [-0.1, -0.05) is 20.8 Å². The zero-order chi connectivity index (χ0) is 8.36. The van der Waals surface area contributed by atoms with E-state index in [1.54, 1.807) is 0 Å². The van der Waals surface area contributed by atoms with Gasteiger partial charge in [0.15, 0.2) is 0 Å². The molecule has 0 saturated carbocycles. The summed E-state index contributed by atoms with van der Waals surface area (Å²) in [6.07, 6.45) is 0. The van der Waals surface area contributed by atoms with E-state index < -0.39 is 12.0 Å². The first-order chi connectivity index (χ1) is 4.39. The molecule has 56 valence electrons. The molecule has 3 nitrogen and oxygen atoms in total. The average molecular weight is 141 g/mol. The number of carbonyl (C=O) groups excluding carboxylic acids is 1. The van der Waals surface area contributed by atoms with E-state index in [1.807, 2.05) is 20.8 Å². The van der Waals surface area contributed by atoms with Crippen molar-refractivity contribution in [1.82, 2.24) is 0 Å². The number of hydrogen-bond donors (Lipinski definition) is 1. The molecule has 4 heteroatoms. The predicted molar refractivity (Wildman–Crippen MR) is 39.3 cm³/mol. The van der Waals surface area contributed by atoms with Crippen LogP contribution >= 0.6 is 0 Å². The molecule has 2 radical (unpaired) electrons. The minimum absolute atomic E-state index is 0.295. The SMILES string of the molecule is [B]OC(=O)C(N)C(C)(C)C. The van der Waals surface area contributed by atoms with Gasteiger partial charge < -0.3 is 10.4 Å². The van der Waals surface area contributed by atoms with E-state index in [9.17, 15) is 4.79 Å². The molecule has 0 amide bonds. The smallest absolute Gasteiger partial charge is 0.378 e. The highest BCUT2D eigenvalue weighted by atomic mass is 16.5. The van der Waals surface area contributed by atoms with Crippen LogP contribution in [-0.4, -0.2) is 20.1 Å². The molecule has 0 aliphatic carbocycles. The lowest BCUT2D eigenvalue weighted by atomic mass is 9.87. The van der Waals surface area contributed by atoms with Crippen molar-refractivity contribution in [3.63, 3.8) is 0 Å². The largest absolute Gasteiger partial charge is 0.542 e. The summed E-state index contributed by atoms with van der Waals surface area (Å²) in [5.41, 5.74) is 5.16. The quantitative estimate of drug-likeness (QED) is 0.522. The highest BCUT2D eigenvalue weighted by Gasteiger charge is 2.27. The van der Waals surface area contributed by atoms with Crippen LogP contribution in [0.25, 0.3) is 0 Å². The Labute approximate surface area is 62.4 Å². The maximum Gasteiger partial charge on any atom is 0.378 e. The van der Waals surface area contributed by atoms with Crippen LogP contribution in [0.5, 0.6) is 0 Å². The predicted octanol–water partition coefficient (Wildman–Crippen LogP) is -0.0135. The molecular weight excluding hydrogens is 129 g/mol. The van der Waals surface area contributed by atoms with E-state index in [2.05, 4.69) is 12.7 Å². The third-order valence-electron chi connectivity index (χ3n) is 1.30. The van der Waals surface area contributed by atoms with E-state index >= 15 is 0 Å². The molecule has 1 atom stereocenters. The molecule has 0 spiro atoms. The molecular formula is C6H12BNO2. The van der Waals surface area contributed by atoms with Crippen LogP contribution in [0.3, 0.4) is 0 Å². The van der Waals surface area contributed by atoms with Gasteiger partial charge >= 0.3 is 14.0 Å². The summed E-state index contributed by atoms with van der Waals surface area (Å²) < 4.78 is 3.97. The lowest BCUT2D eigenvalue weighted by molar-refractivity contribution is -0.137. The Morgan fingerprint density at radius 3 is 2.10 bits per heavy atom. The van der Waals surface area contributed by atoms with Crippen LogP contribution in [0, 0.1) is 5.41 Å². The van der Waals surface area contributed by atoms with Crippen molar-refractivity contribution < 1.29 is 9.45 Å². The Bertz CT molecular complexity index is 130. The Kier molecular flexibility index (Phi) is 2.90. The van der Waals surface area contributed by atoms with E-state index in [0.29, 0.717) is 0 Å². The van der Waals surface area contributed by atoms with Crippen LogP contribution < -0.4 is 5.73 Å². The third-order valence-corrected chi connectivity index (χ3v) is 1.30. The highest BCUT2D eigenvalue weighted by Crippen LogP contribution is 2.17. The molecule has 1 unspecified atom stereocenters. The first kappa shape index (κ1) is 9.49. The Balaban J connectivity index is 4.08. The summed E-state index contributed by atoms with van der Waals surface area (Å²) in [6, 6.07) is -0.655. The summed E-state index contributed by atoms with van der Waals surface area (Å²) in [5.74, 6) is -0.576. The van der Waals surface area contributed by atoms with E-state index in [4.69, 9.17) is 5.73 Å². The Hall–Kier alpha value is -0.505. The standard InChI is InChI=1S/C6H12BNO2/c1-6(2,3)4(8)5(9)10-7/h4H,8H2,1-3H3. The van der Waals surface area contributed by atoms with E-state index in [-0.39, 0.29) is 5.41 Å². The van der Waals surface area contributed by atoms with Crippen molar-refractivity contribution in [3.8, 4) is 0 Å². The average Bonchev–Trinajstić information content (AvgIpc) is 1.83. The molecule has 0 aliphatic heterocycles. The third kappa shape index (κ3) is 2.39. The second-order valence-corrected chi connectivity index (χ2v) is 3.28. The summed E-state index contributed by atoms with van der Waals surface area (Å²) in [5, 5.41) is 0. The zero-order valence-electron chi connectivity index (χ0n) is 6.55. The fourth-order valence-electron chi connectivity index (χ4n) is 0.427. The molecule has 0 aliphatic rings. The number of rotatable bonds is 1. The van der Waals surface area contributed by atoms with Crippen LogP contribution in [0.2, 0.25) is 0 Å². The Morgan fingerprint density at radius 1 is 1.60 bits per heavy atom. The second kappa shape index (κ2) is 3.06. The van der Waals surface area contributed by atoms with Gasteiger partial charge in [0.2, 0.25) is 0 Å². The van der Waals surface area contributed by atoms with Gasteiger partial charge in [0, 0.05) is 0 Å². The highest BCUT2D eigenvalue weighted by molar-refractivity contribution is 6.06. The molecule has 0 heterocycles. The summed E-state index contributed by atoms with van der Waals surface area (Å²) in [6.45, 7) is 5.53. The van der Waals surface area contributed by atoms with Crippen molar-refractivity contribution in [2.24, 2.45) is 11.1 Å². The first-order valence-corrected chi connectivity index (χ1v) is 3.05. The van der Waals surface area contributed by atoms with Crippen molar-refractivity contribution in [2.45, 2.75) is 26.8 Å². The monoisotopic (exact) mass is 141 g/mol. The maximum atomic E-state index is 10.7. The molecule has 0 bridgehead atoms. The van der Waals surface area contributed by atoms with Crippen molar-refractivity contribution >= 4 is 14.0 Å². The summed E-state index contributed by atoms with van der Waals surface area (Å²) in [7, 11) is 4.64. The number of nitrogens with two attached hydrogens (primary N) is 1. The molecule has 2 N–H and O–H groups in total. The Morgan fingerprint density at radius 2 is 2.00 bits per heavy atom. The van der Waals surface area contributed by atoms with E-state index in [1.165, 1.54) is 0 Å². The van der Waals surface area contributed by atoms with Gasteiger partial charge in [0.1, 0.15) is 6.04 Å². The lowest BCUT2D eigenvalue weighted by Gasteiger charge is -2.24. The fourth-order valence-corrected chi connectivity index (χ4v) is 0.427. The molecule has 0 aromatic heterocycles. The van der Waals surface area contributed by atoms with Crippen molar-refractivity contribution in [1.29, 1.82) is 0 Å². The van der Waals surface area contributed by atoms with Gasteiger partial charge in [-0.05, 0) is 5.41 Å². The first-order valence-electron chi connectivity index (χ1n) is 3.05. The van der Waals surface area contributed by atoms with Crippen molar-refractivity contribution in [2.75, 3.05) is 0 Å². The van der Waals surface area contributed by atoms with Crippen LogP contribution in [0.4, 0.5) is 0 Å². The number of carbonyl (C=O) groups is 1. The minimum atomic E-state index is -0.655. The van der Waals surface area contributed by atoms with Gasteiger partial charge in [0.05, 0.1) is 0 Å². The zero-order valence-corrected chi connectivity index (χ0v) is 6.55. The maximum absolute atomic E-state index is 10.7. The molecule has 0 rings (SSSR count). The minimum Gasteiger partial charge on any atom is -0.542 e. The molecule has 0 aromatic rings. The summed E-state index contributed by atoms with van der Waals surface area (Å²) in [4.78, 5) is 10.7. The topological polar surface area (TPSA) is 52.3 Å². The van der Waals surface area contributed by atoms with Crippen LogP contribution in [-0.2, 0) is 9.45 Å². The van der Waals surface area contributed by atoms with Crippen molar-refractivity contribution in [3.05, 3.63) is 0 Å². The number of hydrogen-bond acceptors (Lipinski definition) is 3. The van der Waals surface area contributed by atoms with Gasteiger partial charge in [-0.3, -0.25) is 4.79 Å². The van der Waals surface area contributed by atoms with Gasteiger partial charge in [-0.25, -0.2) is 0 Å². The van der Waals surface area contributed by atoms with Gasteiger partial charge in [-0.15, -0.1) is 0 Å². The summed E-state index contributed by atoms with van der Waals surface area (Å²) >= 11 is 0. The lowest BCUT2D eigenvalue weighted by Crippen LogP contribution is -2.43. The molecule has 10 heavy (non-hydrogen) atoms. The molecule has 0 saturated heterocycles. The van der Waals surface area contributed by atoms with E-state index in [0.717, 1.165) is 0 Å². The van der Waals surface area contributed by atoms with Crippen LogP contribution in [0.1, 0.15) is 20.8 Å². The van der Waals surface area contributed by atoms with Crippen LogP contribution in [0.15, 0.2) is 0 Å². The normalized spacial score (nSPS) is 14.4. The van der Waals surface area contributed by atoms with Gasteiger partial charge in [0.25, 0.3) is 0 Å².